The predicted molar refractivity (Wildman–Crippen MR) is 112 cm³/mol. The lowest BCUT2D eigenvalue weighted by Gasteiger charge is -2.10. The molecule has 1 aromatic heterocycles. The quantitative estimate of drug-likeness (QED) is 0.441. The monoisotopic (exact) mass is 437 g/mol. The van der Waals surface area contributed by atoms with Crippen LogP contribution in [0.3, 0.4) is 0 Å². The van der Waals surface area contributed by atoms with Gasteiger partial charge in [0.2, 0.25) is 0 Å². The summed E-state index contributed by atoms with van der Waals surface area (Å²) in [5.74, 6) is -2.75. The average molecular weight is 437 g/mol. The van der Waals surface area contributed by atoms with Crippen molar-refractivity contribution in [3.63, 3.8) is 0 Å². The molecule has 0 unspecified atom stereocenters. The van der Waals surface area contributed by atoms with Crippen LogP contribution in [0, 0.1) is 0 Å². The lowest BCUT2D eigenvalue weighted by Crippen LogP contribution is -2.21. The number of anilines is 1. The van der Waals surface area contributed by atoms with E-state index in [9.17, 15) is 19.2 Å². The Morgan fingerprint density at radius 2 is 1.50 bits per heavy atom. The minimum Gasteiger partial charge on any atom is -0.465 e. The van der Waals surface area contributed by atoms with Gasteiger partial charge in [0, 0.05) is 18.1 Å². The van der Waals surface area contributed by atoms with Gasteiger partial charge in [-0.25, -0.2) is 19.1 Å². The molecule has 3 aromatic rings. The van der Waals surface area contributed by atoms with Gasteiger partial charge in [0.15, 0.2) is 6.61 Å². The summed E-state index contributed by atoms with van der Waals surface area (Å²) in [7, 11) is 2.37. The average Bonchev–Trinajstić information content (AvgIpc) is 3.36. The maximum absolute atomic E-state index is 12.2. The highest BCUT2D eigenvalue weighted by Gasteiger charge is 2.16. The van der Waals surface area contributed by atoms with E-state index in [0.29, 0.717) is 0 Å². The van der Waals surface area contributed by atoms with E-state index >= 15 is 0 Å². The van der Waals surface area contributed by atoms with E-state index in [0.717, 1.165) is 5.69 Å². The van der Waals surface area contributed by atoms with Crippen LogP contribution >= 0.6 is 0 Å². The van der Waals surface area contributed by atoms with Crippen LogP contribution in [-0.4, -0.2) is 54.4 Å². The van der Waals surface area contributed by atoms with E-state index in [4.69, 9.17) is 4.74 Å². The van der Waals surface area contributed by atoms with Gasteiger partial charge in [-0.3, -0.25) is 4.79 Å². The zero-order chi connectivity index (χ0) is 23.1. The summed E-state index contributed by atoms with van der Waals surface area (Å²) in [6.45, 7) is -0.574. The SMILES string of the molecule is COC(=O)c1cc(NC(=O)COC(=O)c2ccc(-n3cccn3)cc2)cc(C(=O)OC)c1. The minimum atomic E-state index is -0.698. The molecular weight excluding hydrogens is 418 g/mol. The number of benzene rings is 2. The molecule has 0 aliphatic carbocycles. The van der Waals surface area contributed by atoms with Gasteiger partial charge in [-0.2, -0.15) is 5.10 Å². The molecule has 2 aromatic carbocycles. The number of amides is 1. The lowest BCUT2D eigenvalue weighted by atomic mass is 10.1. The number of hydrogen-bond acceptors (Lipinski definition) is 8. The fourth-order valence-electron chi connectivity index (χ4n) is 2.75. The van der Waals surface area contributed by atoms with E-state index in [-0.39, 0.29) is 22.4 Å². The van der Waals surface area contributed by atoms with Gasteiger partial charge < -0.3 is 19.5 Å². The molecule has 1 heterocycles. The van der Waals surface area contributed by atoms with Gasteiger partial charge >= 0.3 is 17.9 Å². The molecule has 164 valence electrons. The molecule has 0 aliphatic rings. The Bertz CT molecular complexity index is 1100. The molecule has 1 N–H and O–H groups in total. The molecule has 0 bridgehead atoms. The van der Waals surface area contributed by atoms with Crippen molar-refractivity contribution < 1.29 is 33.4 Å². The van der Waals surface area contributed by atoms with Crippen molar-refractivity contribution in [2.24, 2.45) is 0 Å². The van der Waals surface area contributed by atoms with Crippen LogP contribution in [0.2, 0.25) is 0 Å². The van der Waals surface area contributed by atoms with E-state index < -0.39 is 30.4 Å². The van der Waals surface area contributed by atoms with E-state index in [1.165, 1.54) is 32.4 Å². The first-order valence-electron chi connectivity index (χ1n) is 9.30. The van der Waals surface area contributed by atoms with Crippen molar-refractivity contribution in [2.45, 2.75) is 0 Å². The van der Waals surface area contributed by atoms with E-state index in [1.807, 2.05) is 0 Å². The first-order valence-corrected chi connectivity index (χ1v) is 9.30. The van der Waals surface area contributed by atoms with Crippen LogP contribution < -0.4 is 5.32 Å². The highest BCUT2D eigenvalue weighted by atomic mass is 16.5. The molecule has 10 nitrogen and oxygen atoms in total. The molecule has 10 heteroatoms. The molecule has 3 rings (SSSR count). The van der Waals surface area contributed by atoms with Crippen LogP contribution in [0.1, 0.15) is 31.1 Å². The second kappa shape index (κ2) is 10.0. The van der Waals surface area contributed by atoms with Crippen LogP contribution in [0.5, 0.6) is 0 Å². The summed E-state index contributed by atoms with van der Waals surface area (Å²) in [5.41, 5.74) is 1.24. The number of esters is 3. The number of aromatic nitrogens is 2. The summed E-state index contributed by atoms with van der Waals surface area (Å²) in [5, 5.41) is 6.57. The summed E-state index contributed by atoms with van der Waals surface area (Å²) < 4.78 is 16.0. The Balaban J connectivity index is 1.63. The molecule has 0 saturated heterocycles. The molecule has 0 fully saturated rings. The number of nitrogens with zero attached hydrogens (tertiary/aromatic N) is 2. The van der Waals surface area contributed by atoms with Crippen molar-refractivity contribution >= 4 is 29.5 Å². The number of carbonyl (C=O) groups excluding carboxylic acids is 4. The Morgan fingerprint density at radius 3 is 2.03 bits per heavy atom. The predicted octanol–water partition coefficient (Wildman–Crippen LogP) is 2.24. The minimum absolute atomic E-state index is 0.0416. The third-order valence-electron chi connectivity index (χ3n) is 4.27. The molecule has 0 aliphatic heterocycles. The normalized spacial score (nSPS) is 10.2. The van der Waals surface area contributed by atoms with Gasteiger partial charge in [-0.1, -0.05) is 0 Å². The van der Waals surface area contributed by atoms with Crippen LogP contribution in [0.15, 0.2) is 60.9 Å². The van der Waals surface area contributed by atoms with Gasteiger partial charge in [-0.05, 0) is 48.5 Å². The lowest BCUT2D eigenvalue weighted by molar-refractivity contribution is -0.119. The third-order valence-corrected chi connectivity index (χ3v) is 4.27. The zero-order valence-electron chi connectivity index (χ0n) is 17.2. The fraction of sp³-hybridized carbons (Fsp3) is 0.136. The Morgan fingerprint density at radius 1 is 0.875 bits per heavy atom. The van der Waals surface area contributed by atoms with Gasteiger partial charge in [0.25, 0.3) is 5.91 Å². The number of methoxy groups -OCH3 is 2. The first-order chi connectivity index (χ1) is 15.4. The van der Waals surface area contributed by atoms with Gasteiger partial charge in [0.1, 0.15) is 0 Å². The van der Waals surface area contributed by atoms with E-state index in [2.05, 4.69) is 19.9 Å². The second-order valence-corrected chi connectivity index (χ2v) is 6.40. The molecular formula is C22H19N3O7. The molecule has 0 radical (unpaired) electrons. The van der Waals surface area contributed by atoms with Crippen molar-refractivity contribution in [2.75, 3.05) is 26.1 Å². The Hall–Kier alpha value is -4.47. The highest BCUT2D eigenvalue weighted by Crippen LogP contribution is 2.17. The largest absolute Gasteiger partial charge is 0.465 e. The maximum atomic E-state index is 12.2. The van der Waals surface area contributed by atoms with Crippen molar-refractivity contribution in [3.8, 4) is 5.69 Å². The Kier molecular flexibility index (Phi) is 6.96. The second-order valence-electron chi connectivity index (χ2n) is 6.40. The van der Waals surface area contributed by atoms with Crippen LogP contribution in [0.4, 0.5) is 5.69 Å². The summed E-state index contributed by atoms with van der Waals surface area (Å²) >= 11 is 0. The van der Waals surface area contributed by atoms with Crippen LogP contribution in [0.25, 0.3) is 5.69 Å². The van der Waals surface area contributed by atoms with Crippen molar-refractivity contribution in [1.29, 1.82) is 0 Å². The molecule has 0 atom stereocenters. The number of ether oxygens (including phenoxy) is 3. The topological polar surface area (TPSA) is 126 Å². The maximum Gasteiger partial charge on any atom is 0.338 e. The third kappa shape index (κ3) is 5.36. The summed E-state index contributed by atoms with van der Waals surface area (Å²) in [4.78, 5) is 48.1. The standard InChI is InChI=1S/C22H19N3O7/c1-30-20(27)15-10-16(21(28)31-2)12-17(11-15)24-19(26)13-32-22(29)14-4-6-18(7-5-14)25-9-3-8-23-25/h3-12H,13H2,1-2H3,(H,24,26). The fourth-order valence-corrected chi connectivity index (χ4v) is 2.75. The smallest absolute Gasteiger partial charge is 0.338 e. The van der Waals surface area contributed by atoms with Gasteiger partial charge in [0.05, 0.1) is 36.6 Å². The summed E-state index contributed by atoms with van der Waals surface area (Å²) in [6, 6.07) is 12.2. The molecule has 1 amide bonds. The van der Waals surface area contributed by atoms with Gasteiger partial charge in [-0.15, -0.1) is 0 Å². The van der Waals surface area contributed by atoms with Crippen molar-refractivity contribution in [1.82, 2.24) is 9.78 Å². The molecule has 0 saturated carbocycles. The zero-order valence-corrected chi connectivity index (χ0v) is 17.2. The highest BCUT2D eigenvalue weighted by molar-refractivity contribution is 6.00. The van der Waals surface area contributed by atoms with Crippen molar-refractivity contribution in [3.05, 3.63) is 77.6 Å². The number of carbonyl (C=O) groups is 4. The summed E-state index contributed by atoms with van der Waals surface area (Å²) in [6.07, 6.45) is 3.40. The number of nitrogens with one attached hydrogen (secondary N) is 1. The van der Waals surface area contributed by atoms with Crippen LogP contribution in [-0.2, 0) is 19.0 Å². The van der Waals surface area contributed by atoms with E-state index in [1.54, 1.807) is 47.4 Å². The Labute approximate surface area is 182 Å². The molecule has 0 spiro atoms. The number of rotatable bonds is 7. The number of hydrogen-bond donors (Lipinski definition) is 1. The first kappa shape index (κ1) is 22.2. The molecule has 32 heavy (non-hydrogen) atoms.